The molecule has 1 aromatic rings. The Hall–Kier alpha value is -2.08. The Labute approximate surface area is 164 Å². The maximum absolute atomic E-state index is 13.1. The van der Waals surface area contributed by atoms with Crippen LogP contribution in [-0.2, 0) is 16.1 Å². The maximum Gasteiger partial charge on any atom is 0.247 e. The van der Waals surface area contributed by atoms with Crippen molar-refractivity contribution in [1.29, 1.82) is 0 Å². The summed E-state index contributed by atoms with van der Waals surface area (Å²) in [6.45, 7) is 0.519. The lowest BCUT2D eigenvalue weighted by Crippen LogP contribution is -2.61. The Bertz CT molecular complexity index is 816. The van der Waals surface area contributed by atoms with Gasteiger partial charge in [0.15, 0.2) is 11.5 Å². The first kappa shape index (κ1) is 16.8. The van der Waals surface area contributed by atoms with Crippen molar-refractivity contribution in [3.63, 3.8) is 0 Å². The SMILES string of the molecule is O=C1C[C@H](NC23CC4CC(CC(C4)C2)C3)C(=O)N1Cc1ccc2c(c1)OCO2. The van der Waals surface area contributed by atoms with Crippen LogP contribution in [0.25, 0.3) is 0 Å². The second kappa shape index (κ2) is 5.96. The van der Waals surface area contributed by atoms with Gasteiger partial charge in [-0.25, -0.2) is 0 Å². The average molecular weight is 382 g/mol. The van der Waals surface area contributed by atoms with Gasteiger partial charge < -0.3 is 9.47 Å². The van der Waals surface area contributed by atoms with Gasteiger partial charge in [0.05, 0.1) is 19.0 Å². The molecular weight excluding hydrogens is 356 g/mol. The molecule has 5 fully saturated rings. The predicted molar refractivity (Wildman–Crippen MR) is 101 cm³/mol. The van der Waals surface area contributed by atoms with E-state index in [-0.39, 0.29) is 36.6 Å². The summed E-state index contributed by atoms with van der Waals surface area (Å²) in [5.74, 6) is 3.69. The van der Waals surface area contributed by atoms with Crippen molar-refractivity contribution < 1.29 is 19.1 Å². The molecule has 2 aliphatic heterocycles. The molecule has 2 heterocycles. The first-order chi connectivity index (χ1) is 13.6. The highest BCUT2D eigenvalue weighted by Crippen LogP contribution is 2.55. The van der Waals surface area contributed by atoms with Gasteiger partial charge in [-0.05, 0) is 74.0 Å². The van der Waals surface area contributed by atoms with Gasteiger partial charge in [-0.1, -0.05) is 6.07 Å². The Balaban J connectivity index is 1.17. The molecule has 1 N–H and O–H groups in total. The molecule has 0 aromatic heterocycles. The van der Waals surface area contributed by atoms with Crippen LogP contribution in [-0.4, -0.2) is 35.1 Å². The number of amides is 2. The largest absolute Gasteiger partial charge is 0.454 e. The fraction of sp³-hybridized carbons (Fsp3) is 0.636. The number of carbonyl (C=O) groups is 2. The molecule has 6 heteroatoms. The number of carbonyl (C=O) groups excluding carboxylic acids is 2. The second-order valence-electron chi connectivity index (χ2n) is 9.60. The normalized spacial score (nSPS) is 37.9. The van der Waals surface area contributed by atoms with Gasteiger partial charge in [0.1, 0.15) is 0 Å². The van der Waals surface area contributed by atoms with Crippen molar-refractivity contribution >= 4 is 11.8 Å². The van der Waals surface area contributed by atoms with Crippen LogP contribution in [0.15, 0.2) is 18.2 Å². The topological polar surface area (TPSA) is 67.9 Å². The lowest BCUT2D eigenvalue weighted by Gasteiger charge is -2.57. The third-order valence-electron chi connectivity index (χ3n) is 7.54. The van der Waals surface area contributed by atoms with Crippen LogP contribution in [0.4, 0.5) is 0 Å². The van der Waals surface area contributed by atoms with Gasteiger partial charge in [-0.3, -0.25) is 19.8 Å². The summed E-state index contributed by atoms with van der Waals surface area (Å²) < 4.78 is 10.8. The van der Waals surface area contributed by atoms with Crippen LogP contribution in [0.5, 0.6) is 11.5 Å². The van der Waals surface area contributed by atoms with E-state index in [9.17, 15) is 9.59 Å². The van der Waals surface area contributed by atoms with Gasteiger partial charge in [0.25, 0.3) is 0 Å². The molecule has 4 aliphatic carbocycles. The molecule has 0 unspecified atom stereocenters. The summed E-state index contributed by atoms with van der Waals surface area (Å²) in [6.07, 6.45) is 7.93. The van der Waals surface area contributed by atoms with Crippen molar-refractivity contribution in [2.75, 3.05) is 6.79 Å². The van der Waals surface area contributed by atoms with E-state index >= 15 is 0 Å². The Morgan fingerprint density at radius 2 is 1.68 bits per heavy atom. The molecule has 4 saturated carbocycles. The number of rotatable bonds is 4. The number of nitrogens with zero attached hydrogens (tertiary/aromatic N) is 1. The zero-order valence-corrected chi connectivity index (χ0v) is 16.0. The standard InChI is InChI=1S/C22H26N2O4/c25-20-7-17(23-22-8-14-3-15(9-22)5-16(4-14)10-22)21(26)24(20)11-13-1-2-18-19(6-13)28-12-27-18/h1-2,6,14-17,23H,3-5,7-12H2/t14?,15?,16?,17-,22?/m0/s1. The van der Waals surface area contributed by atoms with E-state index in [2.05, 4.69) is 5.32 Å². The summed E-state index contributed by atoms with van der Waals surface area (Å²) in [6, 6.07) is 5.24. The van der Waals surface area contributed by atoms with E-state index in [4.69, 9.17) is 9.47 Å². The molecule has 1 saturated heterocycles. The van der Waals surface area contributed by atoms with Crippen molar-refractivity contribution in [3.8, 4) is 11.5 Å². The Morgan fingerprint density at radius 3 is 2.39 bits per heavy atom. The molecule has 6 nitrogen and oxygen atoms in total. The molecule has 7 rings (SSSR count). The number of nitrogens with one attached hydrogen (secondary N) is 1. The number of likely N-dealkylation sites (tertiary alicyclic amines) is 1. The van der Waals surface area contributed by atoms with Gasteiger partial charge in [-0.15, -0.1) is 0 Å². The number of fused-ring (bicyclic) bond motifs is 1. The second-order valence-corrected chi connectivity index (χ2v) is 9.60. The molecule has 28 heavy (non-hydrogen) atoms. The van der Waals surface area contributed by atoms with Crippen LogP contribution in [0.2, 0.25) is 0 Å². The van der Waals surface area contributed by atoms with Gasteiger partial charge in [-0.2, -0.15) is 0 Å². The summed E-state index contributed by atoms with van der Waals surface area (Å²) in [5, 5.41) is 3.70. The summed E-state index contributed by atoms with van der Waals surface area (Å²) >= 11 is 0. The first-order valence-corrected chi connectivity index (χ1v) is 10.6. The zero-order chi connectivity index (χ0) is 18.9. The van der Waals surface area contributed by atoms with E-state index in [0.717, 1.165) is 23.3 Å². The van der Waals surface area contributed by atoms with E-state index < -0.39 is 0 Å². The lowest BCUT2D eigenvalue weighted by atomic mass is 9.53. The van der Waals surface area contributed by atoms with Crippen LogP contribution in [0.1, 0.15) is 50.5 Å². The molecule has 0 spiro atoms. The van der Waals surface area contributed by atoms with Crippen LogP contribution in [0.3, 0.4) is 0 Å². The van der Waals surface area contributed by atoms with E-state index in [1.807, 2.05) is 18.2 Å². The summed E-state index contributed by atoms with van der Waals surface area (Å²) in [4.78, 5) is 27.1. The number of imide groups is 1. The minimum absolute atomic E-state index is 0.0709. The summed E-state index contributed by atoms with van der Waals surface area (Å²) in [5.41, 5.74) is 0.978. The molecular formula is C22H26N2O4. The Kier molecular flexibility index (Phi) is 3.58. The predicted octanol–water partition coefficient (Wildman–Crippen LogP) is 2.60. The van der Waals surface area contributed by atoms with Crippen LogP contribution < -0.4 is 14.8 Å². The smallest absolute Gasteiger partial charge is 0.247 e. The number of hydrogen-bond donors (Lipinski definition) is 1. The monoisotopic (exact) mass is 382 g/mol. The van der Waals surface area contributed by atoms with Crippen molar-refractivity contribution in [2.24, 2.45) is 17.8 Å². The zero-order valence-electron chi connectivity index (χ0n) is 16.0. The maximum atomic E-state index is 13.1. The molecule has 1 aromatic carbocycles. The molecule has 148 valence electrons. The van der Waals surface area contributed by atoms with E-state index in [1.165, 1.54) is 43.4 Å². The molecule has 2 amide bonds. The molecule has 4 bridgehead atoms. The summed E-state index contributed by atoms with van der Waals surface area (Å²) in [7, 11) is 0. The van der Waals surface area contributed by atoms with Gasteiger partial charge in [0.2, 0.25) is 18.6 Å². The Morgan fingerprint density at radius 1 is 1.00 bits per heavy atom. The van der Waals surface area contributed by atoms with E-state index in [0.29, 0.717) is 18.0 Å². The van der Waals surface area contributed by atoms with Crippen molar-refractivity contribution in [3.05, 3.63) is 23.8 Å². The average Bonchev–Trinajstić information content (AvgIpc) is 3.20. The molecule has 0 radical (unpaired) electrons. The first-order valence-electron chi connectivity index (χ1n) is 10.6. The minimum Gasteiger partial charge on any atom is -0.454 e. The van der Waals surface area contributed by atoms with Gasteiger partial charge in [0, 0.05) is 5.54 Å². The number of ether oxygens (including phenoxy) is 2. The highest BCUT2D eigenvalue weighted by atomic mass is 16.7. The van der Waals surface area contributed by atoms with Crippen LogP contribution >= 0.6 is 0 Å². The van der Waals surface area contributed by atoms with Gasteiger partial charge >= 0.3 is 0 Å². The fourth-order valence-corrected chi connectivity index (χ4v) is 6.84. The number of benzene rings is 1. The van der Waals surface area contributed by atoms with Crippen LogP contribution in [0, 0.1) is 17.8 Å². The minimum atomic E-state index is -0.363. The third kappa shape index (κ3) is 2.65. The molecule has 6 aliphatic rings. The third-order valence-corrected chi connectivity index (χ3v) is 7.54. The highest BCUT2D eigenvalue weighted by Gasteiger charge is 2.53. The van der Waals surface area contributed by atoms with Crippen molar-refractivity contribution in [1.82, 2.24) is 10.2 Å². The number of hydrogen-bond acceptors (Lipinski definition) is 5. The fourth-order valence-electron chi connectivity index (χ4n) is 6.84. The quantitative estimate of drug-likeness (QED) is 0.811. The highest BCUT2D eigenvalue weighted by molar-refractivity contribution is 6.05. The lowest BCUT2D eigenvalue weighted by molar-refractivity contribution is -0.140. The molecule has 1 atom stereocenters. The van der Waals surface area contributed by atoms with E-state index in [1.54, 1.807) is 0 Å². The van der Waals surface area contributed by atoms with Crippen molar-refractivity contribution in [2.45, 2.75) is 63.1 Å².